The molecule has 0 saturated carbocycles. The second kappa shape index (κ2) is 6.31. The number of nitrogens with zero attached hydrogens (tertiary/aromatic N) is 6. The summed E-state index contributed by atoms with van der Waals surface area (Å²) in [4.78, 5) is 6.44. The number of aromatic nitrogens is 6. The number of pyridine rings is 1. The predicted molar refractivity (Wildman–Crippen MR) is 88.8 cm³/mol. The van der Waals surface area contributed by atoms with E-state index < -0.39 is 0 Å². The van der Waals surface area contributed by atoms with Crippen molar-refractivity contribution in [1.82, 2.24) is 29.9 Å². The maximum atomic E-state index is 5.95. The molecule has 0 amide bonds. The van der Waals surface area contributed by atoms with Crippen LogP contribution in [0.2, 0.25) is 0 Å². The molecule has 3 aromatic rings. The molecule has 1 fully saturated rings. The van der Waals surface area contributed by atoms with Gasteiger partial charge in [-0.25, -0.2) is 4.98 Å². The zero-order valence-electron chi connectivity index (χ0n) is 13.5. The monoisotopic (exact) mass is 325 g/mol. The van der Waals surface area contributed by atoms with Crippen molar-refractivity contribution in [3.8, 4) is 17.3 Å². The van der Waals surface area contributed by atoms with Gasteiger partial charge in [-0.2, -0.15) is 5.10 Å². The van der Waals surface area contributed by atoms with E-state index in [4.69, 9.17) is 4.74 Å². The molecule has 4 heterocycles. The lowest BCUT2D eigenvalue weighted by atomic mass is 10.3. The van der Waals surface area contributed by atoms with E-state index in [-0.39, 0.29) is 6.10 Å². The van der Waals surface area contributed by atoms with Gasteiger partial charge in [0.1, 0.15) is 6.10 Å². The zero-order chi connectivity index (χ0) is 16.4. The van der Waals surface area contributed by atoms with Crippen LogP contribution in [0.1, 0.15) is 13.3 Å². The van der Waals surface area contributed by atoms with Gasteiger partial charge in [0, 0.05) is 38.0 Å². The highest BCUT2D eigenvalue weighted by Gasteiger charge is 2.28. The molecule has 4 rings (SSSR count). The van der Waals surface area contributed by atoms with Crippen LogP contribution >= 0.6 is 0 Å². The number of ether oxygens (including phenoxy) is 1. The fourth-order valence-electron chi connectivity index (χ4n) is 3.00. The lowest BCUT2D eigenvalue weighted by Crippen LogP contribution is -2.27. The van der Waals surface area contributed by atoms with E-state index in [1.54, 1.807) is 12.4 Å². The van der Waals surface area contributed by atoms with Crippen molar-refractivity contribution in [1.29, 1.82) is 0 Å². The average molecular weight is 325 g/mol. The number of rotatable bonds is 5. The lowest BCUT2D eigenvalue weighted by Gasteiger charge is -2.18. The third-order valence-electron chi connectivity index (χ3n) is 4.16. The average Bonchev–Trinajstić information content (AvgIpc) is 3.35. The molecule has 0 radical (unpaired) electrons. The van der Waals surface area contributed by atoms with Crippen molar-refractivity contribution in [2.75, 3.05) is 18.0 Å². The van der Waals surface area contributed by atoms with Gasteiger partial charge in [0.15, 0.2) is 5.82 Å². The molecule has 3 aromatic heterocycles. The summed E-state index contributed by atoms with van der Waals surface area (Å²) in [5.74, 6) is 2.37. The van der Waals surface area contributed by atoms with Gasteiger partial charge in [0.25, 0.3) is 0 Å². The van der Waals surface area contributed by atoms with Gasteiger partial charge in [-0.05, 0) is 13.0 Å². The minimum atomic E-state index is 0.110. The molecular formula is C16H19N7O. The van der Waals surface area contributed by atoms with Crippen LogP contribution in [0.25, 0.3) is 11.4 Å². The van der Waals surface area contributed by atoms with Gasteiger partial charge >= 0.3 is 0 Å². The van der Waals surface area contributed by atoms with Crippen LogP contribution < -0.4 is 9.64 Å². The maximum Gasteiger partial charge on any atom is 0.227 e. The summed E-state index contributed by atoms with van der Waals surface area (Å²) < 4.78 is 8.06. The molecule has 1 atom stereocenters. The van der Waals surface area contributed by atoms with Crippen LogP contribution in [0.3, 0.4) is 0 Å². The first-order valence-corrected chi connectivity index (χ1v) is 8.10. The second-order valence-electron chi connectivity index (χ2n) is 5.70. The summed E-state index contributed by atoms with van der Waals surface area (Å²) >= 11 is 0. The quantitative estimate of drug-likeness (QED) is 0.769. The molecule has 1 saturated heterocycles. The highest BCUT2D eigenvalue weighted by Crippen LogP contribution is 2.25. The normalized spacial score (nSPS) is 17.4. The first-order chi connectivity index (χ1) is 11.8. The first-order valence-electron chi connectivity index (χ1n) is 8.10. The largest absolute Gasteiger partial charge is 0.472 e. The number of hydrogen-bond donors (Lipinski definition) is 1. The van der Waals surface area contributed by atoms with E-state index in [0.29, 0.717) is 5.88 Å². The van der Waals surface area contributed by atoms with Crippen LogP contribution in [0.15, 0.2) is 36.8 Å². The lowest BCUT2D eigenvalue weighted by molar-refractivity contribution is 0.215. The standard InChI is InChI=1S/C16H19N7O/c1-2-23-15(12-9-18-19-10-12)20-21-16(23)22-8-6-13(11-22)24-14-5-3-4-7-17-14/h3-5,7,9-10,13H,2,6,8,11H2,1H3,(H,18,19). The highest BCUT2D eigenvalue weighted by molar-refractivity contribution is 5.55. The third-order valence-corrected chi connectivity index (χ3v) is 4.16. The van der Waals surface area contributed by atoms with Crippen LogP contribution in [0.4, 0.5) is 5.95 Å². The van der Waals surface area contributed by atoms with Crippen molar-refractivity contribution >= 4 is 5.95 Å². The van der Waals surface area contributed by atoms with Gasteiger partial charge in [-0.3, -0.25) is 9.67 Å². The minimum Gasteiger partial charge on any atom is -0.472 e. The molecule has 1 unspecified atom stereocenters. The molecule has 24 heavy (non-hydrogen) atoms. The van der Waals surface area contributed by atoms with Crippen molar-refractivity contribution in [3.63, 3.8) is 0 Å². The molecule has 1 aliphatic heterocycles. The highest BCUT2D eigenvalue weighted by atomic mass is 16.5. The Morgan fingerprint density at radius 2 is 2.29 bits per heavy atom. The first kappa shape index (κ1) is 14.7. The van der Waals surface area contributed by atoms with Gasteiger partial charge < -0.3 is 9.64 Å². The molecule has 8 heteroatoms. The van der Waals surface area contributed by atoms with Gasteiger partial charge in [0.2, 0.25) is 11.8 Å². The Labute approximate surface area is 139 Å². The topological polar surface area (TPSA) is 84.8 Å². The van der Waals surface area contributed by atoms with E-state index in [1.165, 1.54) is 0 Å². The van der Waals surface area contributed by atoms with Gasteiger partial charge in [-0.15, -0.1) is 10.2 Å². The van der Waals surface area contributed by atoms with Gasteiger partial charge in [-0.1, -0.05) is 6.07 Å². The molecule has 0 aromatic carbocycles. The second-order valence-corrected chi connectivity index (χ2v) is 5.70. The van der Waals surface area contributed by atoms with E-state index in [9.17, 15) is 0 Å². The smallest absolute Gasteiger partial charge is 0.227 e. The molecule has 1 N–H and O–H groups in total. The summed E-state index contributed by atoms with van der Waals surface area (Å²) in [6, 6.07) is 5.70. The van der Waals surface area contributed by atoms with E-state index in [1.807, 2.05) is 24.4 Å². The molecule has 0 aliphatic carbocycles. The van der Waals surface area contributed by atoms with Crippen molar-refractivity contribution in [3.05, 3.63) is 36.8 Å². The van der Waals surface area contributed by atoms with Crippen molar-refractivity contribution < 1.29 is 4.74 Å². The minimum absolute atomic E-state index is 0.110. The molecule has 0 bridgehead atoms. The van der Waals surface area contributed by atoms with Gasteiger partial charge in [0.05, 0.1) is 18.3 Å². The van der Waals surface area contributed by atoms with Crippen LogP contribution in [0.5, 0.6) is 5.88 Å². The van der Waals surface area contributed by atoms with E-state index in [0.717, 1.165) is 43.4 Å². The van der Waals surface area contributed by atoms with E-state index >= 15 is 0 Å². The fourth-order valence-corrected chi connectivity index (χ4v) is 3.00. The summed E-state index contributed by atoms with van der Waals surface area (Å²) in [7, 11) is 0. The Bertz CT molecular complexity index is 784. The Kier molecular flexibility index (Phi) is 3.86. The number of nitrogens with one attached hydrogen (secondary N) is 1. The molecule has 124 valence electrons. The SMILES string of the molecule is CCn1c(-c2cn[nH]c2)nnc1N1CCC(Oc2ccccn2)C1. The summed E-state index contributed by atoms with van der Waals surface area (Å²) in [6.07, 6.45) is 6.38. The van der Waals surface area contributed by atoms with Crippen molar-refractivity contribution in [2.24, 2.45) is 0 Å². The van der Waals surface area contributed by atoms with Crippen LogP contribution in [-0.4, -0.2) is 49.1 Å². The molecule has 1 aliphatic rings. The molecule has 0 spiro atoms. The van der Waals surface area contributed by atoms with E-state index in [2.05, 4.69) is 41.8 Å². The zero-order valence-corrected chi connectivity index (χ0v) is 13.5. The number of anilines is 1. The maximum absolute atomic E-state index is 5.95. The number of hydrogen-bond acceptors (Lipinski definition) is 6. The predicted octanol–water partition coefficient (Wildman–Crippen LogP) is 1.74. The number of aromatic amines is 1. The molecular weight excluding hydrogens is 306 g/mol. The van der Waals surface area contributed by atoms with Crippen LogP contribution in [0, 0.1) is 0 Å². The van der Waals surface area contributed by atoms with Crippen molar-refractivity contribution in [2.45, 2.75) is 26.0 Å². The summed E-state index contributed by atoms with van der Waals surface area (Å²) in [5, 5.41) is 15.5. The Balaban J connectivity index is 1.51. The number of H-pyrrole nitrogens is 1. The Morgan fingerprint density at radius 3 is 3.04 bits per heavy atom. The Morgan fingerprint density at radius 1 is 1.33 bits per heavy atom. The summed E-state index contributed by atoms with van der Waals surface area (Å²) in [5.41, 5.74) is 0.941. The summed E-state index contributed by atoms with van der Waals surface area (Å²) in [6.45, 7) is 4.56. The van der Waals surface area contributed by atoms with Crippen LogP contribution in [-0.2, 0) is 6.54 Å². The Hall–Kier alpha value is -2.90. The molecule has 8 nitrogen and oxygen atoms in total. The fraction of sp³-hybridized carbons (Fsp3) is 0.375. The third kappa shape index (κ3) is 2.70.